The van der Waals surface area contributed by atoms with Crippen molar-refractivity contribution in [3.05, 3.63) is 0 Å². The minimum absolute atomic E-state index is 0.105. The highest BCUT2D eigenvalue weighted by Crippen LogP contribution is 2.31. The van der Waals surface area contributed by atoms with Crippen LogP contribution in [0, 0.1) is 11.8 Å². The number of amides is 1. The molecule has 2 aliphatic rings. The van der Waals surface area contributed by atoms with Crippen molar-refractivity contribution < 1.29 is 20.1 Å². The molecule has 2 fully saturated rings. The van der Waals surface area contributed by atoms with Crippen LogP contribution in [0.3, 0.4) is 0 Å². The number of hydrogen-bond acceptors (Lipinski definition) is 3. The molecule has 0 aromatic heterocycles. The second kappa shape index (κ2) is 8.73. The van der Waals surface area contributed by atoms with Crippen LogP contribution in [0.1, 0.15) is 70.6 Å². The number of rotatable bonds is 6. The zero-order valence-corrected chi connectivity index (χ0v) is 13.4. The highest BCUT2D eigenvalue weighted by molar-refractivity contribution is 5.64. The van der Waals surface area contributed by atoms with E-state index in [0.717, 1.165) is 38.5 Å². The molecular formula is C17H31NO4. The van der Waals surface area contributed by atoms with Gasteiger partial charge in [0.25, 0.3) is 0 Å². The summed E-state index contributed by atoms with van der Waals surface area (Å²) in [4.78, 5) is 11.1. The zero-order chi connectivity index (χ0) is 15.9. The molecule has 5 heteroatoms. The lowest BCUT2D eigenvalue weighted by atomic mass is 9.79. The molecule has 0 unspecified atom stereocenters. The summed E-state index contributed by atoms with van der Waals surface area (Å²) in [6.45, 7) is 0. The van der Waals surface area contributed by atoms with E-state index >= 15 is 0 Å². The van der Waals surface area contributed by atoms with Crippen LogP contribution < -0.4 is 5.32 Å². The summed E-state index contributed by atoms with van der Waals surface area (Å²) in [5.41, 5.74) is 0. The lowest BCUT2D eigenvalue weighted by Gasteiger charge is -2.35. The molecule has 22 heavy (non-hydrogen) atoms. The molecule has 128 valence electrons. The average molecular weight is 313 g/mol. The van der Waals surface area contributed by atoms with Gasteiger partial charge < -0.3 is 20.6 Å². The molecule has 0 aromatic carbocycles. The zero-order valence-electron chi connectivity index (χ0n) is 13.4. The van der Waals surface area contributed by atoms with Crippen molar-refractivity contribution in [2.75, 3.05) is 0 Å². The molecule has 0 bridgehead atoms. The molecule has 0 aliphatic heterocycles. The van der Waals surface area contributed by atoms with Crippen molar-refractivity contribution in [3.8, 4) is 0 Å². The molecule has 3 atom stereocenters. The minimum atomic E-state index is -1.12. The summed E-state index contributed by atoms with van der Waals surface area (Å²) in [7, 11) is 0. The van der Waals surface area contributed by atoms with Gasteiger partial charge in [0.2, 0.25) is 0 Å². The Hall–Kier alpha value is -0.810. The first-order chi connectivity index (χ1) is 10.6. The largest absolute Gasteiger partial charge is 0.465 e. The van der Waals surface area contributed by atoms with Crippen LogP contribution in [0.4, 0.5) is 4.79 Å². The Kier molecular flexibility index (Phi) is 6.96. The van der Waals surface area contributed by atoms with E-state index in [0.29, 0.717) is 12.3 Å². The van der Waals surface area contributed by atoms with Crippen molar-refractivity contribution >= 4 is 6.09 Å². The van der Waals surface area contributed by atoms with Gasteiger partial charge in [-0.15, -0.1) is 0 Å². The second-order valence-electron chi connectivity index (χ2n) is 7.17. The highest BCUT2D eigenvalue weighted by atomic mass is 16.4. The van der Waals surface area contributed by atoms with E-state index < -0.39 is 24.3 Å². The molecule has 0 aromatic rings. The normalized spacial score (nSPS) is 25.4. The first-order valence-electron chi connectivity index (χ1n) is 8.93. The van der Waals surface area contributed by atoms with Gasteiger partial charge in [-0.1, -0.05) is 51.4 Å². The molecule has 5 nitrogen and oxygen atoms in total. The molecule has 4 N–H and O–H groups in total. The van der Waals surface area contributed by atoms with Crippen LogP contribution in [0.25, 0.3) is 0 Å². The van der Waals surface area contributed by atoms with Crippen LogP contribution in [0.5, 0.6) is 0 Å². The molecule has 1 amide bonds. The molecule has 2 saturated carbocycles. The van der Waals surface area contributed by atoms with Crippen molar-refractivity contribution in [3.63, 3.8) is 0 Å². The van der Waals surface area contributed by atoms with E-state index in [9.17, 15) is 15.0 Å². The predicted octanol–water partition coefficient (Wildman–Crippen LogP) is 2.90. The van der Waals surface area contributed by atoms with Gasteiger partial charge in [-0.3, -0.25) is 0 Å². The van der Waals surface area contributed by atoms with Gasteiger partial charge in [0, 0.05) is 0 Å². The molecular weight excluding hydrogens is 282 g/mol. The van der Waals surface area contributed by atoms with Gasteiger partial charge in [-0.05, 0) is 31.1 Å². The fourth-order valence-electron chi connectivity index (χ4n) is 4.22. The Balaban J connectivity index is 1.94. The summed E-state index contributed by atoms with van der Waals surface area (Å²) in [6, 6.07) is -0.558. The van der Waals surface area contributed by atoms with Crippen LogP contribution in [-0.4, -0.2) is 39.7 Å². The number of nitrogens with one attached hydrogen (secondary N) is 1. The summed E-state index contributed by atoms with van der Waals surface area (Å²) in [6.07, 6.45) is 8.77. The quantitative estimate of drug-likeness (QED) is 0.607. The molecule has 2 rings (SSSR count). The van der Waals surface area contributed by atoms with E-state index in [1.165, 1.54) is 25.7 Å². The Morgan fingerprint density at radius 3 is 2.05 bits per heavy atom. The van der Waals surface area contributed by atoms with Crippen molar-refractivity contribution in [2.24, 2.45) is 11.8 Å². The molecule has 0 heterocycles. The first kappa shape index (κ1) is 17.5. The van der Waals surface area contributed by atoms with Gasteiger partial charge in [0.1, 0.15) is 6.10 Å². The third-order valence-corrected chi connectivity index (χ3v) is 5.52. The lowest BCUT2D eigenvalue weighted by Crippen LogP contribution is -2.51. The molecule has 2 aliphatic carbocycles. The monoisotopic (exact) mass is 313 g/mol. The number of hydrogen-bond donors (Lipinski definition) is 4. The third-order valence-electron chi connectivity index (χ3n) is 5.52. The topological polar surface area (TPSA) is 89.8 Å². The van der Waals surface area contributed by atoms with E-state index in [2.05, 4.69) is 5.32 Å². The maximum absolute atomic E-state index is 11.1. The van der Waals surface area contributed by atoms with Crippen molar-refractivity contribution in [1.82, 2.24) is 5.32 Å². The van der Waals surface area contributed by atoms with E-state index in [1.54, 1.807) is 0 Å². The fourth-order valence-corrected chi connectivity index (χ4v) is 4.22. The number of aliphatic hydroxyl groups is 2. The van der Waals surface area contributed by atoms with Gasteiger partial charge in [-0.25, -0.2) is 4.79 Å². The fraction of sp³-hybridized carbons (Fsp3) is 0.941. The second-order valence-corrected chi connectivity index (χ2v) is 7.17. The highest BCUT2D eigenvalue weighted by Gasteiger charge is 2.35. The summed E-state index contributed by atoms with van der Waals surface area (Å²) >= 11 is 0. The Morgan fingerprint density at radius 1 is 0.955 bits per heavy atom. The lowest BCUT2D eigenvalue weighted by molar-refractivity contribution is -0.0475. The smallest absolute Gasteiger partial charge is 0.404 e. The van der Waals surface area contributed by atoms with E-state index in [1.807, 2.05) is 0 Å². The maximum Gasteiger partial charge on any atom is 0.404 e. The average Bonchev–Trinajstić information content (AvgIpc) is 2.54. The maximum atomic E-state index is 11.1. The Morgan fingerprint density at radius 2 is 1.50 bits per heavy atom. The number of carboxylic acid groups (broad SMARTS) is 1. The molecule has 0 spiro atoms. The Bertz CT molecular complexity index is 338. The van der Waals surface area contributed by atoms with Gasteiger partial charge in [0.15, 0.2) is 0 Å². The number of carbonyl (C=O) groups is 1. The van der Waals surface area contributed by atoms with Crippen LogP contribution >= 0.6 is 0 Å². The Labute approximate surface area is 133 Å². The van der Waals surface area contributed by atoms with Gasteiger partial charge in [-0.2, -0.15) is 0 Å². The van der Waals surface area contributed by atoms with Gasteiger partial charge in [0.05, 0.1) is 12.1 Å². The molecule has 0 radical (unpaired) electrons. The van der Waals surface area contributed by atoms with Crippen molar-refractivity contribution in [2.45, 2.75) is 88.9 Å². The van der Waals surface area contributed by atoms with Gasteiger partial charge >= 0.3 is 6.09 Å². The first-order valence-corrected chi connectivity index (χ1v) is 8.93. The van der Waals surface area contributed by atoms with Crippen LogP contribution in [0.2, 0.25) is 0 Å². The van der Waals surface area contributed by atoms with Crippen LogP contribution in [0.15, 0.2) is 0 Å². The summed E-state index contributed by atoms with van der Waals surface area (Å²) in [5, 5.41) is 32.5. The third kappa shape index (κ3) is 5.13. The van der Waals surface area contributed by atoms with E-state index in [4.69, 9.17) is 5.11 Å². The number of aliphatic hydroxyl groups excluding tert-OH is 2. The summed E-state index contributed by atoms with van der Waals surface area (Å²) in [5.74, 6) is 0.562. The minimum Gasteiger partial charge on any atom is -0.465 e. The van der Waals surface area contributed by atoms with Crippen LogP contribution in [-0.2, 0) is 0 Å². The summed E-state index contributed by atoms with van der Waals surface area (Å²) < 4.78 is 0. The van der Waals surface area contributed by atoms with Crippen molar-refractivity contribution in [1.29, 1.82) is 0 Å². The predicted molar refractivity (Wildman–Crippen MR) is 84.7 cm³/mol. The standard InChI is InChI=1S/C17H31NO4/c19-15(13-9-5-2-6-10-13)16(20)14(18-17(21)22)11-12-7-3-1-4-8-12/h12-16,18-20H,1-11H2,(H,21,22)/t14-,15-,16+/m0/s1. The molecule has 0 saturated heterocycles. The van der Waals surface area contributed by atoms with E-state index in [-0.39, 0.29) is 5.92 Å². The SMILES string of the molecule is O=C(O)N[C@@H](CC1CCCCC1)[C@@H](O)[C@@H](O)C1CCCCC1.